The topological polar surface area (TPSA) is 99.0 Å². The van der Waals surface area contributed by atoms with Crippen molar-refractivity contribution in [2.24, 2.45) is 5.92 Å². The van der Waals surface area contributed by atoms with E-state index >= 15 is 0 Å². The molecule has 0 radical (unpaired) electrons. The van der Waals surface area contributed by atoms with Crippen molar-refractivity contribution in [2.75, 3.05) is 18.1 Å². The van der Waals surface area contributed by atoms with Crippen molar-refractivity contribution in [3.63, 3.8) is 0 Å². The third-order valence-corrected chi connectivity index (χ3v) is 4.82. The Morgan fingerprint density at radius 1 is 1.23 bits per heavy atom. The number of nitrogens with zero attached hydrogens (tertiary/aromatic N) is 2. The SMILES string of the molecule is CC(C)C1Oc2cc([N+](=O)[O-])ccc2N(CC(=O)OCCCc2ccccc2)C1=O. The van der Waals surface area contributed by atoms with Crippen LogP contribution in [-0.4, -0.2) is 36.1 Å². The molecule has 3 rings (SSSR count). The number of ether oxygens (including phenoxy) is 2. The first kappa shape index (κ1) is 21.3. The van der Waals surface area contributed by atoms with Crippen LogP contribution < -0.4 is 9.64 Å². The molecular weight excluding hydrogens is 388 g/mol. The Hall–Kier alpha value is -3.42. The molecule has 1 aliphatic heterocycles. The predicted molar refractivity (Wildman–Crippen MR) is 110 cm³/mol. The van der Waals surface area contributed by atoms with E-state index in [-0.39, 0.29) is 36.4 Å². The smallest absolute Gasteiger partial charge is 0.326 e. The van der Waals surface area contributed by atoms with E-state index in [1.807, 2.05) is 44.2 Å². The van der Waals surface area contributed by atoms with Crippen LogP contribution in [0.5, 0.6) is 5.75 Å². The number of anilines is 1. The summed E-state index contributed by atoms with van der Waals surface area (Å²) in [4.78, 5) is 37.0. The van der Waals surface area contributed by atoms with Gasteiger partial charge in [0.15, 0.2) is 11.9 Å². The molecule has 0 spiro atoms. The number of nitro benzene ring substituents is 1. The molecule has 0 saturated heterocycles. The highest BCUT2D eigenvalue weighted by atomic mass is 16.6. The molecule has 0 N–H and O–H groups in total. The third kappa shape index (κ3) is 4.94. The van der Waals surface area contributed by atoms with Gasteiger partial charge >= 0.3 is 5.97 Å². The average Bonchev–Trinajstić information content (AvgIpc) is 2.73. The standard InChI is InChI=1S/C22H24N2O6/c1-15(2)21-22(26)23(18-11-10-17(24(27)28)13-19(18)30-21)14-20(25)29-12-6-9-16-7-4-3-5-8-16/h3-5,7-8,10-11,13,15,21H,6,9,12,14H2,1-2H3. The van der Waals surface area contributed by atoms with Gasteiger partial charge in [-0.05, 0) is 30.4 Å². The molecule has 0 saturated carbocycles. The molecule has 8 heteroatoms. The Morgan fingerprint density at radius 2 is 1.97 bits per heavy atom. The predicted octanol–water partition coefficient (Wildman–Crippen LogP) is 3.52. The number of amides is 1. The second-order valence-electron chi connectivity index (χ2n) is 7.43. The Kier molecular flexibility index (Phi) is 6.66. The first-order valence-electron chi connectivity index (χ1n) is 9.83. The summed E-state index contributed by atoms with van der Waals surface area (Å²) in [5.41, 5.74) is 1.34. The zero-order chi connectivity index (χ0) is 21.7. The minimum absolute atomic E-state index is 0.144. The largest absolute Gasteiger partial charge is 0.478 e. The van der Waals surface area contributed by atoms with Gasteiger partial charge in [-0.3, -0.25) is 24.6 Å². The molecule has 1 atom stereocenters. The summed E-state index contributed by atoms with van der Waals surface area (Å²) in [6.45, 7) is 3.59. The van der Waals surface area contributed by atoms with Crippen LogP contribution in [0.4, 0.5) is 11.4 Å². The molecule has 30 heavy (non-hydrogen) atoms. The Morgan fingerprint density at radius 3 is 2.63 bits per heavy atom. The van der Waals surface area contributed by atoms with E-state index in [1.165, 1.54) is 23.1 Å². The van der Waals surface area contributed by atoms with E-state index in [0.29, 0.717) is 12.1 Å². The van der Waals surface area contributed by atoms with Crippen LogP contribution in [0.15, 0.2) is 48.5 Å². The lowest BCUT2D eigenvalue weighted by Crippen LogP contribution is -2.50. The minimum Gasteiger partial charge on any atom is -0.478 e. The molecule has 8 nitrogen and oxygen atoms in total. The lowest BCUT2D eigenvalue weighted by atomic mass is 10.0. The summed E-state index contributed by atoms with van der Waals surface area (Å²) >= 11 is 0. The molecule has 0 aromatic heterocycles. The summed E-state index contributed by atoms with van der Waals surface area (Å²) in [5.74, 6) is -0.869. The van der Waals surface area contributed by atoms with Crippen molar-refractivity contribution < 1.29 is 24.0 Å². The van der Waals surface area contributed by atoms with Crippen molar-refractivity contribution in [3.05, 3.63) is 64.2 Å². The second-order valence-corrected chi connectivity index (χ2v) is 7.43. The number of hydrogen-bond acceptors (Lipinski definition) is 6. The zero-order valence-corrected chi connectivity index (χ0v) is 16.9. The fraction of sp³-hybridized carbons (Fsp3) is 0.364. The van der Waals surface area contributed by atoms with Gasteiger partial charge in [-0.25, -0.2) is 0 Å². The molecule has 1 amide bonds. The lowest BCUT2D eigenvalue weighted by Gasteiger charge is -2.35. The van der Waals surface area contributed by atoms with E-state index in [9.17, 15) is 19.7 Å². The summed E-state index contributed by atoms with van der Waals surface area (Å²) in [6, 6.07) is 13.9. The van der Waals surface area contributed by atoms with Crippen molar-refractivity contribution in [3.8, 4) is 5.75 Å². The van der Waals surface area contributed by atoms with Gasteiger partial charge in [-0.1, -0.05) is 44.2 Å². The maximum atomic E-state index is 12.9. The lowest BCUT2D eigenvalue weighted by molar-refractivity contribution is -0.384. The van der Waals surface area contributed by atoms with Crippen molar-refractivity contribution >= 4 is 23.3 Å². The highest BCUT2D eigenvalue weighted by Gasteiger charge is 2.38. The molecule has 2 aromatic carbocycles. The number of non-ortho nitro benzene ring substituents is 1. The van der Waals surface area contributed by atoms with Crippen molar-refractivity contribution in [1.29, 1.82) is 0 Å². The van der Waals surface area contributed by atoms with Gasteiger partial charge in [0.2, 0.25) is 0 Å². The molecule has 2 aromatic rings. The van der Waals surface area contributed by atoms with Gasteiger partial charge in [0.05, 0.1) is 23.3 Å². The number of aryl methyl sites for hydroxylation is 1. The van der Waals surface area contributed by atoms with Crippen LogP contribution in [0.2, 0.25) is 0 Å². The monoisotopic (exact) mass is 412 g/mol. The van der Waals surface area contributed by atoms with Gasteiger partial charge in [-0.2, -0.15) is 0 Å². The summed E-state index contributed by atoms with van der Waals surface area (Å²) in [6.07, 6.45) is 0.627. The van der Waals surface area contributed by atoms with E-state index in [2.05, 4.69) is 0 Å². The normalized spacial score (nSPS) is 15.5. The number of rotatable bonds is 8. The summed E-state index contributed by atoms with van der Waals surface area (Å²) in [5, 5.41) is 11.1. The number of benzene rings is 2. The van der Waals surface area contributed by atoms with Gasteiger partial charge in [0, 0.05) is 6.07 Å². The number of carbonyl (C=O) groups is 2. The number of hydrogen-bond donors (Lipinski definition) is 0. The Labute approximate surface area is 174 Å². The molecule has 1 unspecified atom stereocenters. The maximum Gasteiger partial charge on any atom is 0.326 e. The maximum absolute atomic E-state index is 12.9. The van der Waals surface area contributed by atoms with Gasteiger partial charge in [0.1, 0.15) is 6.54 Å². The van der Waals surface area contributed by atoms with E-state index in [1.54, 1.807) is 0 Å². The van der Waals surface area contributed by atoms with E-state index < -0.39 is 17.0 Å². The fourth-order valence-electron chi connectivity index (χ4n) is 3.26. The van der Waals surface area contributed by atoms with Crippen LogP contribution in [0.3, 0.4) is 0 Å². The van der Waals surface area contributed by atoms with E-state index in [0.717, 1.165) is 12.0 Å². The first-order chi connectivity index (χ1) is 14.4. The van der Waals surface area contributed by atoms with Gasteiger partial charge in [0.25, 0.3) is 11.6 Å². The number of nitro groups is 1. The Bertz CT molecular complexity index is 928. The fourth-order valence-corrected chi connectivity index (χ4v) is 3.26. The number of esters is 1. The van der Waals surface area contributed by atoms with Crippen LogP contribution >= 0.6 is 0 Å². The minimum atomic E-state index is -0.828. The van der Waals surface area contributed by atoms with Crippen LogP contribution in [0.1, 0.15) is 25.8 Å². The molecule has 0 aliphatic carbocycles. The van der Waals surface area contributed by atoms with Gasteiger partial charge in [-0.15, -0.1) is 0 Å². The molecule has 0 fully saturated rings. The zero-order valence-electron chi connectivity index (χ0n) is 16.9. The average molecular weight is 412 g/mol. The second kappa shape index (κ2) is 9.39. The van der Waals surface area contributed by atoms with Crippen molar-refractivity contribution in [2.45, 2.75) is 32.8 Å². The third-order valence-electron chi connectivity index (χ3n) is 4.82. The number of fused-ring (bicyclic) bond motifs is 1. The highest BCUT2D eigenvalue weighted by molar-refractivity contribution is 6.03. The molecule has 1 aliphatic rings. The molecular formula is C22H24N2O6. The Balaban J connectivity index is 1.66. The number of carbonyl (C=O) groups excluding carboxylic acids is 2. The summed E-state index contributed by atoms with van der Waals surface area (Å²) in [7, 11) is 0. The van der Waals surface area contributed by atoms with Crippen LogP contribution in [0.25, 0.3) is 0 Å². The summed E-state index contributed by atoms with van der Waals surface area (Å²) < 4.78 is 11.0. The van der Waals surface area contributed by atoms with Crippen molar-refractivity contribution in [1.82, 2.24) is 0 Å². The molecule has 1 heterocycles. The van der Waals surface area contributed by atoms with E-state index in [4.69, 9.17) is 9.47 Å². The quantitative estimate of drug-likeness (QED) is 0.285. The molecule has 0 bridgehead atoms. The van der Waals surface area contributed by atoms with Gasteiger partial charge < -0.3 is 9.47 Å². The first-order valence-corrected chi connectivity index (χ1v) is 9.83. The van der Waals surface area contributed by atoms with Crippen LogP contribution in [0, 0.1) is 16.0 Å². The highest BCUT2D eigenvalue weighted by Crippen LogP contribution is 2.38. The van der Waals surface area contributed by atoms with Crippen LogP contribution in [-0.2, 0) is 20.7 Å². The molecule has 158 valence electrons.